The number of rotatable bonds is 4. The molecule has 0 bridgehead atoms. The van der Waals surface area contributed by atoms with Crippen LogP contribution in [0.2, 0.25) is 0 Å². The number of benzene rings is 1. The summed E-state index contributed by atoms with van der Waals surface area (Å²) in [4.78, 5) is 28.7. The lowest BCUT2D eigenvalue weighted by atomic mass is 10.1. The smallest absolute Gasteiger partial charge is 0.257 e. The Labute approximate surface area is 149 Å². The van der Waals surface area contributed by atoms with Gasteiger partial charge in [-0.3, -0.25) is 14.6 Å². The van der Waals surface area contributed by atoms with Crippen molar-refractivity contribution >= 4 is 33.4 Å². The van der Waals surface area contributed by atoms with Crippen molar-refractivity contribution in [3.8, 4) is 0 Å². The summed E-state index contributed by atoms with van der Waals surface area (Å²) < 4.78 is 0.793. The van der Waals surface area contributed by atoms with Crippen LogP contribution in [-0.4, -0.2) is 22.8 Å². The van der Waals surface area contributed by atoms with Gasteiger partial charge in [0.1, 0.15) is 0 Å². The number of hydrogen-bond donors (Lipinski definition) is 2. The van der Waals surface area contributed by atoms with Crippen molar-refractivity contribution in [3.05, 3.63) is 58.3 Å². The molecule has 1 aliphatic carbocycles. The summed E-state index contributed by atoms with van der Waals surface area (Å²) >= 11 is 3.39. The van der Waals surface area contributed by atoms with Gasteiger partial charge in [0, 0.05) is 22.9 Å². The quantitative estimate of drug-likeness (QED) is 0.838. The Kier molecular flexibility index (Phi) is 5.25. The lowest BCUT2D eigenvalue weighted by molar-refractivity contribution is 0.0937. The van der Waals surface area contributed by atoms with Gasteiger partial charge in [-0.25, -0.2) is 0 Å². The highest BCUT2D eigenvalue weighted by Gasteiger charge is 2.19. The van der Waals surface area contributed by atoms with Crippen LogP contribution in [0.4, 0.5) is 5.69 Å². The van der Waals surface area contributed by atoms with E-state index < -0.39 is 0 Å². The molecule has 1 fully saturated rings. The molecule has 0 saturated heterocycles. The predicted octanol–water partition coefficient (Wildman–Crippen LogP) is 3.77. The van der Waals surface area contributed by atoms with E-state index in [1.54, 1.807) is 12.1 Å². The second-order valence-corrected chi connectivity index (χ2v) is 6.71. The van der Waals surface area contributed by atoms with Crippen molar-refractivity contribution < 1.29 is 9.59 Å². The lowest BCUT2D eigenvalue weighted by Gasteiger charge is -2.12. The van der Waals surface area contributed by atoms with Crippen molar-refractivity contribution in [2.75, 3.05) is 5.32 Å². The van der Waals surface area contributed by atoms with Crippen molar-refractivity contribution in [3.63, 3.8) is 0 Å². The summed E-state index contributed by atoms with van der Waals surface area (Å²) in [5.41, 5.74) is 1.43. The van der Waals surface area contributed by atoms with E-state index in [2.05, 4.69) is 31.5 Å². The summed E-state index contributed by atoms with van der Waals surface area (Å²) in [5.74, 6) is -0.477. The number of nitrogens with zero attached hydrogens (tertiary/aromatic N) is 1. The summed E-state index contributed by atoms with van der Waals surface area (Å²) in [6.45, 7) is 0. The molecule has 1 aromatic heterocycles. The molecule has 0 unspecified atom stereocenters. The Morgan fingerprint density at radius 2 is 1.71 bits per heavy atom. The van der Waals surface area contributed by atoms with Gasteiger partial charge in [0.25, 0.3) is 11.8 Å². The Bertz CT molecular complexity index is 757. The fraction of sp³-hybridized carbons (Fsp3) is 0.278. The lowest BCUT2D eigenvalue weighted by Crippen LogP contribution is -2.32. The van der Waals surface area contributed by atoms with Gasteiger partial charge in [-0.2, -0.15) is 0 Å². The zero-order valence-electron chi connectivity index (χ0n) is 13.1. The van der Waals surface area contributed by atoms with Crippen LogP contribution in [0.15, 0.2) is 47.2 Å². The number of aromatic nitrogens is 1. The van der Waals surface area contributed by atoms with Gasteiger partial charge in [0.15, 0.2) is 0 Å². The van der Waals surface area contributed by atoms with Crippen LogP contribution >= 0.6 is 15.9 Å². The SMILES string of the molecule is O=C(Nc1ccccc1Br)c1cncc(C(=O)NC2CCCC2)c1. The van der Waals surface area contributed by atoms with Crippen LogP contribution in [0.1, 0.15) is 46.4 Å². The third-order valence-electron chi connectivity index (χ3n) is 4.08. The van der Waals surface area contributed by atoms with E-state index in [1.165, 1.54) is 12.4 Å². The highest BCUT2D eigenvalue weighted by atomic mass is 79.9. The van der Waals surface area contributed by atoms with Gasteiger partial charge in [0.2, 0.25) is 0 Å². The first kappa shape index (κ1) is 16.6. The van der Waals surface area contributed by atoms with E-state index >= 15 is 0 Å². The summed E-state index contributed by atoms with van der Waals surface area (Å²) in [5, 5.41) is 5.81. The zero-order valence-corrected chi connectivity index (χ0v) is 14.7. The Morgan fingerprint density at radius 1 is 1.04 bits per heavy atom. The molecule has 1 heterocycles. The Balaban J connectivity index is 1.71. The van der Waals surface area contributed by atoms with Crippen molar-refractivity contribution in [1.82, 2.24) is 10.3 Å². The fourth-order valence-electron chi connectivity index (χ4n) is 2.78. The number of carbonyl (C=O) groups excluding carboxylic acids is 2. The molecule has 1 aromatic carbocycles. The topological polar surface area (TPSA) is 71.1 Å². The van der Waals surface area contributed by atoms with Crippen LogP contribution in [0, 0.1) is 0 Å². The molecule has 2 amide bonds. The maximum Gasteiger partial charge on any atom is 0.257 e. The molecule has 0 radical (unpaired) electrons. The molecule has 24 heavy (non-hydrogen) atoms. The predicted molar refractivity (Wildman–Crippen MR) is 96.1 cm³/mol. The van der Waals surface area contributed by atoms with Gasteiger partial charge in [-0.15, -0.1) is 0 Å². The number of carbonyl (C=O) groups is 2. The van der Waals surface area contributed by atoms with Gasteiger partial charge < -0.3 is 10.6 Å². The summed E-state index contributed by atoms with van der Waals surface area (Å²) in [7, 11) is 0. The second-order valence-electron chi connectivity index (χ2n) is 5.85. The average molecular weight is 388 g/mol. The minimum atomic E-state index is -0.301. The molecule has 6 heteroatoms. The Morgan fingerprint density at radius 3 is 2.42 bits per heavy atom. The monoisotopic (exact) mass is 387 g/mol. The molecule has 0 atom stereocenters. The minimum absolute atomic E-state index is 0.176. The maximum atomic E-state index is 12.4. The van der Waals surface area contributed by atoms with Crippen LogP contribution in [-0.2, 0) is 0 Å². The zero-order chi connectivity index (χ0) is 16.9. The normalized spacial score (nSPS) is 14.4. The van der Waals surface area contributed by atoms with E-state index in [4.69, 9.17) is 0 Å². The third kappa shape index (κ3) is 4.00. The first-order chi connectivity index (χ1) is 11.6. The van der Waals surface area contributed by atoms with Gasteiger partial charge in [-0.1, -0.05) is 25.0 Å². The molecule has 2 N–H and O–H groups in total. The van der Waals surface area contributed by atoms with Gasteiger partial charge in [0.05, 0.1) is 16.8 Å². The number of amides is 2. The molecule has 1 saturated carbocycles. The molecule has 2 aromatic rings. The summed E-state index contributed by atoms with van der Waals surface area (Å²) in [6.07, 6.45) is 7.27. The number of hydrogen-bond acceptors (Lipinski definition) is 3. The van der Waals surface area contributed by atoms with Crippen molar-refractivity contribution in [2.45, 2.75) is 31.7 Å². The number of pyridine rings is 1. The van der Waals surface area contributed by atoms with E-state index in [9.17, 15) is 9.59 Å². The maximum absolute atomic E-state index is 12.4. The highest BCUT2D eigenvalue weighted by molar-refractivity contribution is 9.10. The van der Waals surface area contributed by atoms with Gasteiger partial charge >= 0.3 is 0 Å². The average Bonchev–Trinajstić information content (AvgIpc) is 3.10. The molecule has 0 aliphatic heterocycles. The fourth-order valence-corrected chi connectivity index (χ4v) is 3.17. The minimum Gasteiger partial charge on any atom is -0.349 e. The summed E-state index contributed by atoms with van der Waals surface area (Å²) in [6, 6.07) is 9.16. The van der Waals surface area contributed by atoms with E-state index in [-0.39, 0.29) is 17.9 Å². The molecule has 3 rings (SSSR count). The van der Waals surface area contributed by atoms with Crippen LogP contribution in [0.25, 0.3) is 0 Å². The number of halogens is 1. The molecule has 1 aliphatic rings. The largest absolute Gasteiger partial charge is 0.349 e. The standard InChI is InChI=1S/C18H18BrN3O2/c19-15-7-3-4-8-16(15)22-18(24)13-9-12(10-20-11-13)17(23)21-14-5-1-2-6-14/h3-4,7-11,14H,1-2,5-6H2,(H,21,23)(H,22,24). The van der Waals surface area contributed by atoms with Crippen molar-refractivity contribution in [1.29, 1.82) is 0 Å². The first-order valence-corrected chi connectivity index (χ1v) is 8.74. The highest BCUT2D eigenvalue weighted by Crippen LogP contribution is 2.22. The van der Waals surface area contributed by atoms with E-state index in [0.717, 1.165) is 30.2 Å². The molecule has 0 spiro atoms. The first-order valence-electron chi connectivity index (χ1n) is 7.95. The van der Waals surface area contributed by atoms with Crippen LogP contribution in [0.5, 0.6) is 0 Å². The number of para-hydroxylation sites is 1. The molecule has 124 valence electrons. The van der Waals surface area contributed by atoms with Gasteiger partial charge in [-0.05, 0) is 47.0 Å². The van der Waals surface area contributed by atoms with Crippen LogP contribution < -0.4 is 10.6 Å². The van der Waals surface area contributed by atoms with Crippen molar-refractivity contribution in [2.24, 2.45) is 0 Å². The van der Waals surface area contributed by atoms with E-state index in [1.807, 2.05) is 18.2 Å². The third-order valence-corrected chi connectivity index (χ3v) is 4.77. The van der Waals surface area contributed by atoms with E-state index in [0.29, 0.717) is 16.8 Å². The molecular weight excluding hydrogens is 370 g/mol. The van der Waals surface area contributed by atoms with Crippen LogP contribution in [0.3, 0.4) is 0 Å². The number of anilines is 1. The Hall–Kier alpha value is -2.21. The molecular formula is C18H18BrN3O2. The molecule has 5 nitrogen and oxygen atoms in total. The number of nitrogens with one attached hydrogen (secondary N) is 2. The second kappa shape index (κ2) is 7.57.